The van der Waals surface area contributed by atoms with Gasteiger partial charge in [0.05, 0.1) is 34.4 Å². The van der Waals surface area contributed by atoms with Crippen molar-refractivity contribution in [2.75, 3.05) is 0 Å². The van der Waals surface area contributed by atoms with Crippen LogP contribution in [0.3, 0.4) is 0 Å². The summed E-state index contributed by atoms with van der Waals surface area (Å²) < 4.78 is 4.75. The topological polar surface area (TPSA) is 21.2 Å². The van der Waals surface area contributed by atoms with Gasteiger partial charge in [0.15, 0.2) is 5.52 Å². The zero-order valence-electron chi connectivity index (χ0n) is 21.7. The van der Waals surface area contributed by atoms with Crippen molar-refractivity contribution in [1.82, 2.24) is 9.38 Å². The van der Waals surface area contributed by atoms with Gasteiger partial charge in [-0.25, -0.2) is 4.57 Å². The summed E-state index contributed by atoms with van der Waals surface area (Å²) in [5.74, 6) is 0.500. The average molecular weight is 449 g/mol. The lowest BCUT2D eigenvalue weighted by Crippen LogP contribution is -2.30. The van der Waals surface area contributed by atoms with E-state index in [9.17, 15) is 0 Å². The molecule has 0 amide bonds. The first-order chi connectivity index (χ1) is 16.0. The van der Waals surface area contributed by atoms with Crippen molar-refractivity contribution in [3.8, 4) is 0 Å². The van der Waals surface area contributed by atoms with Crippen LogP contribution in [0.15, 0.2) is 42.7 Å². The molecule has 0 fully saturated rings. The summed E-state index contributed by atoms with van der Waals surface area (Å²) >= 11 is 0. The Labute approximate surface area is 201 Å². The maximum absolute atomic E-state index is 4.92. The molecule has 34 heavy (non-hydrogen) atoms. The lowest BCUT2D eigenvalue weighted by Gasteiger charge is -2.19. The molecular weight excluding hydrogens is 414 g/mol. The Balaban J connectivity index is 1.95. The minimum absolute atomic E-state index is 0.211. The molecular formula is C31H34N3+. The molecule has 0 spiro atoms. The maximum atomic E-state index is 4.92. The quantitative estimate of drug-likeness (QED) is 0.152. The van der Waals surface area contributed by atoms with Crippen molar-refractivity contribution < 1.29 is 4.57 Å². The Morgan fingerprint density at radius 3 is 2.41 bits per heavy atom. The third-order valence-corrected chi connectivity index (χ3v) is 7.59. The molecule has 0 aliphatic rings. The van der Waals surface area contributed by atoms with E-state index in [-0.39, 0.29) is 5.41 Å². The molecule has 0 saturated heterocycles. The van der Waals surface area contributed by atoms with Crippen LogP contribution in [0.5, 0.6) is 0 Å². The molecule has 0 aliphatic heterocycles. The van der Waals surface area contributed by atoms with E-state index in [0.717, 1.165) is 11.9 Å². The number of pyridine rings is 1. The Bertz CT molecular complexity index is 1760. The Morgan fingerprint density at radius 1 is 0.941 bits per heavy atom. The van der Waals surface area contributed by atoms with Crippen molar-refractivity contribution in [3.05, 3.63) is 65.0 Å². The van der Waals surface area contributed by atoms with E-state index in [1.165, 1.54) is 65.9 Å². The van der Waals surface area contributed by atoms with E-state index in [0.29, 0.717) is 5.92 Å². The number of benzene rings is 3. The average Bonchev–Trinajstić information content (AvgIpc) is 3.07. The summed E-state index contributed by atoms with van der Waals surface area (Å²) in [5, 5.41) is 5.31. The molecule has 3 heteroatoms. The van der Waals surface area contributed by atoms with Crippen LogP contribution in [-0.4, -0.2) is 9.38 Å². The summed E-state index contributed by atoms with van der Waals surface area (Å²) in [7, 11) is 2.14. The first-order valence-electron chi connectivity index (χ1n) is 12.5. The minimum Gasteiger partial charge on any atom is -0.308 e. The molecule has 3 nitrogen and oxygen atoms in total. The molecule has 0 N–H and O–H groups in total. The molecule has 0 unspecified atom stereocenters. The van der Waals surface area contributed by atoms with Crippen molar-refractivity contribution in [2.45, 2.75) is 60.8 Å². The fourth-order valence-corrected chi connectivity index (χ4v) is 5.91. The Kier molecular flexibility index (Phi) is 4.34. The highest BCUT2D eigenvalue weighted by Crippen LogP contribution is 2.42. The van der Waals surface area contributed by atoms with E-state index in [2.05, 4.69) is 101 Å². The van der Waals surface area contributed by atoms with Crippen LogP contribution < -0.4 is 4.57 Å². The van der Waals surface area contributed by atoms with Crippen molar-refractivity contribution in [1.29, 1.82) is 0 Å². The SMILES string of the molecule is Cc1cc2c3cc(C(C)C)ccc3n3c4cc(CC(C)(C)C)cc5nc[n+](C)c(c(c1C)c23)c54. The number of hydrogen-bond donors (Lipinski definition) is 0. The lowest BCUT2D eigenvalue weighted by molar-refractivity contribution is -0.646. The predicted molar refractivity (Wildman–Crippen MR) is 144 cm³/mol. The highest BCUT2D eigenvalue weighted by molar-refractivity contribution is 6.25. The van der Waals surface area contributed by atoms with Gasteiger partial charge in [0.2, 0.25) is 0 Å². The fraction of sp³-hybridized carbons (Fsp3) is 0.355. The molecule has 0 atom stereocenters. The highest BCUT2D eigenvalue weighted by atomic mass is 15.0. The molecule has 0 bridgehead atoms. The first kappa shape index (κ1) is 21.3. The normalized spacial score (nSPS) is 13.1. The highest BCUT2D eigenvalue weighted by Gasteiger charge is 2.26. The van der Waals surface area contributed by atoms with Gasteiger partial charge in [-0.05, 0) is 89.2 Å². The zero-order valence-corrected chi connectivity index (χ0v) is 21.7. The summed E-state index contributed by atoms with van der Waals surface area (Å²) in [6.45, 7) is 16.0. The van der Waals surface area contributed by atoms with E-state index >= 15 is 0 Å². The van der Waals surface area contributed by atoms with Gasteiger partial charge < -0.3 is 4.40 Å². The number of fused-ring (bicyclic) bond motifs is 5. The maximum Gasteiger partial charge on any atom is 0.287 e. The van der Waals surface area contributed by atoms with Crippen molar-refractivity contribution >= 4 is 49.1 Å². The van der Waals surface area contributed by atoms with Crippen LogP contribution in [-0.2, 0) is 13.5 Å². The molecule has 0 radical (unpaired) electrons. The van der Waals surface area contributed by atoms with Crippen LogP contribution in [0.1, 0.15) is 62.8 Å². The summed E-state index contributed by atoms with van der Waals surface area (Å²) in [5.41, 5.74) is 11.9. The van der Waals surface area contributed by atoms with Crippen LogP contribution in [0.25, 0.3) is 49.1 Å². The minimum atomic E-state index is 0.211. The third-order valence-electron chi connectivity index (χ3n) is 7.59. The summed E-state index contributed by atoms with van der Waals surface area (Å²) in [6, 6.07) is 14.2. The molecule has 3 heterocycles. The smallest absolute Gasteiger partial charge is 0.287 e. The predicted octanol–water partition coefficient (Wildman–Crippen LogP) is 7.54. The summed E-state index contributed by atoms with van der Waals surface area (Å²) in [6.07, 6.45) is 3.01. The van der Waals surface area contributed by atoms with Gasteiger partial charge in [0, 0.05) is 10.8 Å². The molecule has 0 saturated carbocycles. The second-order valence-corrected chi connectivity index (χ2v) is 11.8. The van der Waals surface area contributed by atoms with Crippen LogP contribution >= 0.6 is 0 Å². The van der Waals surface area contributed by atoms with Gasteiger partial charge in [-0.15, -0.1) is 0 Å². The van der Waals surface area contributed by atoms with Crippen molar-refractivity contribution in [3.63, 3.8) is 0 Å². The monoisotopic (exact) mass is 448 g/mol. The van der Waals surface area contributed by atoms with Crippen LogP contribution in [0.4, 0.5) is 0 Å². The van der Waals surface area contributed by atoms with E-state index < -0.39 is 0 Å². The third kappa shape index (κ3) is 2.89. The molecule has 3 aromatic carbocycles. The Hall–Kier alpha value is -3.20. The van der Waals surface area contributed by atoms with Gasteiger partial charge in [0.25, 0.3) is 6.33 Å². The molecule has 172 valence electrons. The second-order valence-electron chi connectivity index (χ2n) is 11.8. The number of aromatic nitrogens is 3. The summed E-state index contributed by atoms with van der Waals surface area (Å²) in [4.78, 5) is 4.92. The van der Waals surface area contributed by atoms with Gasteiger partial charge in [-0.3, -0.25) is 0 Å². The number of nitrogens with zero attached hydrogens (tertiary/aromatic N) is 3. The standard InChI is InChI=1S/C31H34N3/c1-17(2)21-9-10-25-22(14-21)23-11-18(3)19(4)27-29(23)34(25)26-13-20(15-31(5,6)7)12-24-28(26)30(27)33(8)16-32-24/h9-14,16-17H,15H2,1-8H3/q+1. The fourth-order valence-electron chi connectivity index (χ4n) is 5.91. The molecule has 6 aromatic rings. The largest absolute Gasteiger partial charge is 0.308 e. The first-order valence-corrected chi connectivity index (χ1v) is 12.5. The molecule has 6 rings (SSSR count). The van der Waals surface area contributed by atoms with E-state index in [1.54, 1.807) is 0 Å². The van der Waals surface area contributed by atoms with Gasteiger partial charge in [0.1, 0.15) is 5.52 Å². The number of aryl methyl sites for hydroxylation is 3. The van der Waals surface area contributed by atoms with Gasteiger partial charge in [-0.2, -0.15) is 0 Å². The lowest BCUT2D eigenvalue weighted by atomic mass is 9.87. The van der Waals surface area contributed by atoms with Gasteiger partial charge >= 0.3 is 0 Å². The van der Waals surface area contributed by atoms with Crippen LogP contribution in [0, 0.1) is 19.3 Å². The molecule has 3 aromatic heterocycles. The molecule has 0 aliphatic carbocycles. The number of hydrogen-bond acceptors (Lipinski definition) is 1. The van der Waals surface area contributed by atoms with Crippen molar-refractivity contribution in [2.24, 2.45) is 12.5 Å². The number of rotatable bonds is 2. The second kappa shape index (κ2) is 6.91. The van der Waals surface area contributed by atoms with Crippen LogP contribution in [0.2, 0.25) is 0 Å². The van der Waals surface area contributed by atoms with Gasteiger partial charge in [-0.1, -0.05) is 40.7 Å². The Morgan fingerprint density at radius 2 is 1.71 bits per heavy atom. The zero-order chi connectivity index (χ0) is 24.1. The van der Waals surface area contributed by atoms with E-state index in [4.69, 9.17) is 4.98 Å². The van der Waals surface area contributed by atoms with E-state index in [1.807, 2.05) is 6.33 Å².